The Kier molecular flexibility index (Phi) is 8.12. The third-order valence-corrected chi connectivity index (χ3v) is 6.37. The van der Waals surface area contributed by atoms with Gasteiger partial charge in [0.1, 0.15) is 0 Å². The summed E-state index contributed by atoms with van der Waals surface area (Å²) in [5, 5.41) is 4.38. The molecule has 3 rings (SSSR count). The van der Waals surface area contributed by atoms with Crippen LogP contribution in [0.15, 0.2) is 12.4 Å². The van der Waals surface area contributed by atoms with Crippen molar-refractivity contribution in [1.29, 1.82) is 0 Å². The summed E-state index contributed by atoms with van der Waals surface area (Å²) in [7, 11) is 3.81. The van der Waals surface area contributed by atoms with E-state index in [4.69, 9.17) is 4.74 Å². The van der Waals surface area contributed by atoms with E-state index < -0.39 is 0 Å². The van der Waals surface area contributed by atoms with Gasteiger partial charge in [-0.25, -0.2) is 0 Å². The normalized spacial score (nSPS) is 22.9. The van der Waals surface area contributed by atoms with Crippen LogP contribution in [0.25, 0.3) is 0 Å². The van der Waals surface area contributed by atoms with Crippen molar-refractivity contribution in [2.75, 3.05) is 59.5 Å². The predicted octanol–water partition coefficient (Wildman–Crippen LogP) is 2.06. The van der Waals surface area contributed by atoms with Gasteiger partial charge in [-0.3, -0.25) is 14.5 Å². The van der Waals surface area contributed by atoms with Gasteiger partial charge in [0.15, 0.2) is 0 Å². The van der Waals surface area contributed by atoms with Crippen molar-refractivity contribution >= 4 is 0 Å². The molecule has 0 N–H and O–H groups in total. The number of piperidine rings is 1. The Morgan fingerprint density at radius 2 is 2.00 bits per heavy atom. The first-order valence-corrected chi connectivity index (χ1v) is 10.8. The second-order valence-corrected chi connectivity index (χ2v) is 8.42. The van der Waals surface area contributed by atoms with Gasteiger partial charge < -0.3 is 9.64 Å². The number of rotatable bonds is 10. The van der Waals surface area contributed by atoms with Gasteiger partial charge in [-0.05, 0) is 57.8 Å². The largest absolute Gasteiger partial charge is 0.383 e. The van der Waals surface area contributed by atoms with E-state index in [1.54, 1.807) is 7.11 Å². The predicted molar refractivity (Wildman–Crippen MR) is 110 cm³/mol. The van der Waals surface area contributed by atoms with Crippen molar-refractivity contribution in [2.24, 2.45) is 13.0 Å². The Bertz CT molecular complexity index is 540. The van der Waals surface area contributed by atoms with Crippen LogP contribution in [-0.2, 0) is 18.3 Å². The van der Waals surface area contributed by atoms with Crippen LogP contribution in [0.4, 0.5) is 0 Å². The molecule has 0 spiro atoms. The zero-order valence-electron chi connectivity index (χ0n) is 17.6. The van der Waals surface area contributed by atoms with Gasteiger partial charge in [0, 0.05) is 58.1 Å². The van der Waals surface area contributed by atoms with E-state index >= 15 is 0 Å². The first kappa shape index (κ1) is 20.8. The van der Waals surface area contributed by atoms with E-state index in [1.807, 2.05) is 17.9 Å². The fourth-order valence-corrected chi connectivity index (χ4v) is 4.81. The van der Waals surface area contributed by atoms with Crippen LogP contribution in [0.5, 0.6) is 0 Å². The van der Waals surface area contributed by atoms with Crippen molar-refractivity contribution < 1.29 is 4.74 Å². The molecule has 6 heteroatoms. The summed E-state index contributed by atoms with van der Waals surface area (Å²) in [4.78, 5) is 7.94. The maximum absolute atomic E-state index is 5.24. The number of methoxy groups -OCH3 is 1. The first-order valence-electron chi connectivity index (χ1n) is 10.8. The number of hydrogen-bond acceptors (Lipinski definition) is 5. The number of likely N-dealkylation sites (tertiary alicyclic amines) is 2. The standard InChI is InChI=1S/C21H39N5O/c1-4-26-9-5-6-21(26)18-25(17-20-14-22-23(2)15-20)16-19-7-10-24(11-8-19)12-13-27-3/h14-15,19,21H,4-13,16-18H2,1-3H3/t21-/m1/s1. The molecule has 6 nitrogen and oxygen atoms in total. The average molecular weight is 378 g/mol. The smallest absolute Gasteiger partial charge is 0.0589 e. The Morgan fingerprint density at radius 3 is 2.67 bits per heavy atom. The molecule has 0 aliphatic carbocycles. The third-order valence-electron chi connectivity index (χ3n) is 6.37. The lowest BCUT2D eigenvalue weighted by molar-refractivity contribution is 0.0964. The summed E-state index contributed by atoms with van der Waals surface area (Å²) < 4.78 is 7.16. The van der Waals surface area contributed by atoms with E-state index in [0.717, 1.165) is 31.7 Å². The van der Waals surface area contributed by atoms with E-state index in [0.29, 0.717) is 0 Å². The molecule has 0 aromatic carbocycles. The van der Waals surface area contributed by atoms with Gasteiger partial charge in [0.05, 0.1) is 12.8 Å². The number of hydrogen-bond donors (Lipinski definition) is 0. The third kappa shape index (κ3) is 6.28. The van der Waals surface area contributed by atoms with E-state index in [1.165, 1.54) is 70.5 Å². The Hall–Kier alpha value is -0.950. The molecule has 1 atom stereocenters. The minimum absolute atomic E-state index is 0.730. The van der Waals surface area contributed by atoms with Gasteiger partial charge in [-0.2, -0.15) is 5.10 Å². The Balaban J connectivity index is 1.54. The second-order valence-electron chi connectivity index (χ2n) is 8.42. The summed E-state index contributed by atoms with van der Waals surface area (Å²) in [6, 6.07) is 0.730. The summed E-state index contributed by atoms with van der Waals surface area (Å²) in [5.41, 5.74) is 1.34. The van der Waals surface area contributed by atoms with Gasteiger partial charge in [-0.1, -0.05) is 6.92 Å². The van der Waals surface area contributed by atoms with Crippen LogP contribution < -0.4 is 0 Å². The van der Waals surface area contributed by atoms with Crippen LogP contribution >= 0.6 is 0 Å². The number of aromatic nitrogens is 2. The lowest BCUT2D eigenvalue weighted by Crippen LogP contribution is -2.44. The second kappa shape index (κ2) is 10.6. The van der Waals surface area contributed by atoms with Gasteiger partial charge in [-0.15, -0.1) is 0 Å². The topological polar surface area (TPSA) is 36.8 Å². The van der Waals surface area contributed by atoms with Crippen molar-refractivity contribution in [3.8, 4) is 0 Å². The Morgan fingerprint density at radius 1 is 1.19 bits per heavy atom. The average Bonchev–Trinajstić information content (AvgIpc) is 3.29. The number of aryl methyl sites for hydroxylation is 1. The molecule has 0 saturated carbocycles. The summed E-state index contributed by atoms with van der Waals surface area (Å²) >= 11 is 0. The van der Waals surface area contributed by atoms with Gasteiger partial charge >= 0.3 is 0 Å². The lowest BCUT2D eigenvalue weighted by Gasteiger charge is -2.36. The van der Waals surface area contributed by atoms with Crippen LogP contribution in [0.2, 0.25) is 0 Å². The number of nitrogens with zero attached hydrogens (tertiary/aromatic N) is 5. The molecule has 27 heavy (non-hydrogen) atoms. The fraction of sp³-hybridized carbons (Fsp3) is 0.857. The van der Waals surface area contributed by atoms with E-state index in [-0.39, 0.29) is 0 Å². The Labute approximate surface area is 165 Å². The minimum atomic E-state index is 0.730. The monoisotopic (exact) mass is 377 g/mol. The molecule has 0 unspecified atom stereocenters. The van der Waals surface area contributed by atoms with Gasteiger partial charge in [0.2, 0.25) is 0 Å². The highest BCUT2D eigenvalue weighted by atomic mass is 16.5. The first-order chi connectivity index (χ1) is 13.2. The quantitative estimate of drug-likeness (QED) is 0.624. The van der Waals surface area contributed by atoms with Crippen LogP contribution in [0.3, 0.4) is 0 Å². The molecule has 154 valence electrons. The molecule has 2 aliphatic heterocycles. The molecule has 0 bridgehead atoms. The van der Waals surface area contributed by atoms with E-state index in [9.17, 15) is 0 Å². The van der Waals surface area contributed by atoms with Crippen molar-refractivity contribution in [1.82, 2.24) is 24.5 Å². The SMILES string of the molecule is CCN1CCC[C@@H]1CN(Cc1cnn(C)c1)CC1CCN(CCOC)CC1. The van der Waals surface area contributed by atoms with Crippen molar-refractivity contribution in [3.63, 3.8) is 0 Å². The number of ether oxygens (including phenoxy) is 1. The molecular formula is C21H39N5O. The van der Waals surface area contributed by atoms with Crippen molar-refractivity contribution in [2.45, 2.75) is 45.2 Å². The zero-order valence-corrected chi connectivity index (χ0v) is 17.6. The van der Waals surface area contributed by atoms with Crippen LogP contribution in [0.1, 0.15) is 38.2 Å². The fourth-order valence-electron chi connectivity index (χ4n) is 4.81. The molecule has 0 radical (unpaired) electrons. The lowest BCUT2D eigenvalue weighted by atomic mass is 9.95. The molecule has 3 heterocycles. The highest BCUT2D eigenvalue weighted by Gasteiger charge is 2.27. The zero-order chi connectivity index (χ0) is 19.1. The molecule has 2 saturated heterocycles. The maximum Gasteiger partial charge on any atom is 0.0589 e. The summed E-state index contributed by atoms with van der Waals surface area (Å²) in [5.74, 6) is 0.817. The highest BCUT2D eigenvalue weighted by molar-refractivity contribution is 5.03. The summed E-state index contributed by atoms with van der Waals surface area (Å²) in [6.45, 7) is 12.6. The van der Waals surface area contributed by atoms with Crippen LogP contribution in [-0.4, -0.2) is 90.1 Å². The number of likely N-dealkylation sites (N-methyl/N-ethyl adjacent to an activating group) is 1. The van der Waals surface area contributed by atoms with Crippen LogP contribution in [0, 0.1) is 5.92 Å². The maximum atomic E-state index is 5.24. The molecule has 2 aliphatic rings. The molecule has 0 amide bonds. The minimum Gasteiger partial charge on any atom is -0.383 e. The molecule has 2 fully saturated rings. The van der Waals surface area contributed by atoms with Crippen molar-refractivity contribution in [3.05, 3.63) is 18.0 Å². The molecule has 1 aromatic heterocycles. The summed E-state index contributed by atoms with van der Waals surface area (Å²) in [6.07, 6.45) is 9.55. The van der Waals surface area contributed by atoms with E-state index in [2.05, 4.69) is 32.9 Å². The molecule has 1 aromatic rings. The molecular weight excluding hydrogens is 338 g/mol. The highest BCUT2D eigenvalue weighted by Crippen LogP contribution is 2.23. The van der Waals surface area contributed by atoms with Gasteiger partial charge in [0.25, 0.3) is 0 Å².